The molecule has 1 saturated heterocycles. The van der Waals surface area contributed by atoms with E-state index in [1.54, 1.807) is 16.2 Å². The lowest BCUT2D eigenvalue weighted by molar-refractivity contribution is 0.00451. The molecule has 1 aromatic rings. The molecule has 1 amide bonds. The maximum atomic E-state index is 12.7. The first kappa shape index (κ1) is 28.3. The van der Waals surface area contributed by atoms with Crippen LogP contribution in [0, 0.1) is 11.8 Å². The first-order chi connectivity index (χ1) is 18.9. The van der Waals surface area contributed by atoms with E-state index in [1.165, 1.54) is 54.7 Å². The smallest absolute Gasteiger partial charge is 0.410 e. The molecule has 3 fully saturated rings. The van der Waals surface area contributed by atoms with E-state index in [0.717, 1.165) is 55.0 Å². The molecule has 3 aliphatic carbocycles. The standard InChI is InChI=1S/C32H46N2O4S/c1-22-9-11-25(12-10-22)23(2)34(29-21-30(39-31(29)24(3)35)26-7-5-4-6-8-26)27-13-15-28(16-14-27)38-32(36)33-17-19-37-20-18-33/h7,21-22,25,27-28,35H,2-6,8-20H2,1H3. The number of rotatable bonds is 7. The lowest BCUT2D eigenvalue weighted by Crippen LogP contribution is -2.44. The maximum Gasteiger partial charge on any atom is 0.410 e. The Balaban J connectivity index is 1.36. The van der Waals surface area contributed by atoms with Crippen molar-refractivity contribution in [1.82, 2.24) is 4.90 Å². The van der Waals surface area contributed by atoms with Gasteiger partial charge < -0.3 is 24.4 Å². The molecule has 2 heterocycles. The number of carbonyl (C=O) groups excluding carboxylic acids is 1. The zero-order valence-corrected chi connectivity index (χ0v) is 24.5. The van der Waals surface area contributed by atoms with Gasteiger partial charge in [-0.15, -0.1) is 11.3 Å². The van der Waals surface area contributed by atoms with E-state index in [0.29, 0.717) is 32.2 Å². The van der Waals surface area contributed by atoms with Crippen LogP contribution in [0.4, 0.5) is 10.5 Å². The maximum absolute atomic E-state index is 12.7. The summed E-state index contributed by atoms with van der Waals surface area (Å²) in [4.78, 5) is 19.0. The number of hydrogen-bond donors (Lipinski definition) is 1. The Hall–Kier alpha value is -2.25. The summed E-state index contributed by atoms with van der Waals surface area (Å²) in [5, 5.41) is 10.7. The van der Waals surface area contributed by atoms with E-state index in [9.17, 15) is 9.90 Å². The number of ether oxygens (including phenoxy) is 2. The van der Waals surface area contributed by atoms with Gasteiger partial charge in [-0.05, 0) is 87.7 Å². The lowest BCUT2D eigenvalue weighted by Gasteiger charge is -2.42. The van der Waals surface area contributed by atoms with Gasteiger partial charge in [-0.2, -0.15) is 0 Å². The molecule has 7 heteroatoms. The van der Waals surface area contributed by atoms with Crippen LogP contribution < -0.4 is 4.90 Å². The van der Waals surface area contributed by atoms with Crippen molar-refractivity contribution in [2.75, 3.05) is 31.2 Å². The first-order valence-corrected chi connectivity index (χ1v) is 15.9. The van der Waals surface area contributed by atoms with Gasteiger partial charge in [0, 0.05) is 29.7 Å². The van der Waals surface area contributed by atoms with E-state index < -0.39 is 0 Å². The molecule has 2 saturated carbocycles. The number of allylic oxidation sites excluding steroid dienone is 3. The highest BCUT2D eigenvalue weighted by Crippen LogP contribution is 2.46. The predicted molar refractivity (Wildman–Crippen MR) is 160 cm³/mol. The molecule has 1 aromatic heterocycles. The number of amides is 1. The second-order valence-corrected chi connectivity index (χ2v) is 13.0. The summed E-state index contributed by atoms with van der Waals surface area (Å²) in [6.45, 7) is 13.4. The van der Waals surface area contributed by atoms with E-state index in [4.69, 9.17) is 16.1 Å². The predicted octanol–water partition coefficient (Wildman–Crippen LogP) is 8.16. The summed E-state index contributed by atoms with van der Waals surface area (Å²) in [6, 6.07) is 2.55. The van der Waals surface area contributed by atoms with E-state index in [-0.39, 0.29) is 24.0 Å². The van der Waals surface area contributed by atoms with E-state index >= 15 is 0 Å². The van der Waals surface area contributed by atoms with Gasteiger partial charge in [0.2, 0.25) is 0 Å². The second-order valence-electron chi connectivity index (χ2n) is 12.0. The zero-order valence-electron chi connectivity index (χ0n) is 23.7. The van der Waals surface area contributed by atoms with Crippen molar-refractivity contribution in [2.45, 2.75) is 96.1 Å². The number of morpholine rings is 1. The molecule has 4 aliphatic rings. The quantitative estimate of drug-likeness (QED) is 0.345. The number of thiophene rings is 1. The lowest BCUT2D eigenvalue weighted by atomic mass is 9.80. The number of hydrogen-bond acceptors (Lipinski definition) is 6. The number of anilines is 1. The summed E-state index contributed by atoms with van der Waals surface area (Å²) < 4.78 is 11.3. The largest absolute Gasteiger partial charge is 0.507 e. The summed E-state index contributed by atoms with van der Waals surface area (Å²) in [6.07, 6.45) is 15.1. The Morgan fingerprint density at radius 2 is 1.79 bits per heavy atom. The van der Waals surface area contributed by atoms with Gasteiger partial charge in [0.1, 0.15) is 11.9 Å². The van der Waals surface area contributed by atoms with Gasteiger partial charge in [-0.25, -0.2) is 4.79 Å². The van der Waals surface area contributed by atoms with Crippen LogP contribution in [0.2, 0.25) is 0 Å². The van der Waals surface area contributed by atoms with E-state index in [2.05, 4.69) is 30.5 Å². The number of aliphatic hydroxyl groups excluding tert-OH is 1. The zero-order chi connectivity index (χ0) is 27.4. The van der Waals surface area contributed by atoms with Crippen LogP contribution in [0.25, 0.3) is 11.3 Å². The average Bonchev–Trinajstić information content (AvgIpc) is 3.41. The van der Waals surface area contributed by atoms with Crippen LogP contribution in [-0.2, 0) is 9.47 Å². The monoisotopic (exact) mass is 554 g/mol. The van der Waals surface area contributed by atoms with Gasteiger partial charge in [0.15, 0.2) is 0 Å². The second kappa shape index (κ2) is 12.9. The van der Waals surface area contributed by atoms with Crippen molar-refractivity contribution in [3.8, 4) is 0 Å². The third-order valence-corrected chi connectivity index (χ3v) is 10.4. The third-order valence-electron chi connectivity index (χ3n) is 9.18. The van der Waals surface area contributed by atoms with Crippen LogP contribution in [-0.4, -0.2) is 54.5 Å². The first-order valence-electron chi connectivity index (χ1n) is 15.1. The van der Waals surface area contributed by atoms with Gasteiger partial charge in [0.05, 0.1) is 23.8 Å². The minimum Gasteiger partial charge on any atom is -0.507 e. The third kappa shape index (κ3) is 6.74. The van der Waals surface area contributed by atoms with Crippen molar-refractivity contribution in [1.29, 1.82) is 0 Å². The fraction of sp³-hybridized carbons (Fsp3) is 0.656. The van der Waals surface area contributed by atoms with Gasteiger partial charge in [0.25, 0.3) is 0 Å². The number of carbonyl (C=O) groups is 1. The fourth-order valence-corrected chi connectivity index (χ4v) is 7.83. The Kier molecular flexibility index (Phi) is 9.39. The highest BCUT2D eigenvalue weighted by Gasteiger charge is 2.35. The Morgan fingerprint density at radius 3 is 2.44 bits per heavy atom. The molecular weight excluding hydrogens is 508 g/mol. The number of nitrogens with zero attached hydrogens (tertiary/aromatic N) is 2. The van der Waals surface area contributed by atoms with Crippen molar-refractivity contribution < 1.29 is 19.4 Å². The van der Waals surface area contributed by atoms with Gasteiger partial charge >= 0.3 is 6.09 Å². The molecule has 0 aromatic carbocycles. The highest BCUT2D eigenvalue weighted by atomic mass is 32.1. The molecule has 0 spiro atoms. The minimum absolute atomic E-state index is 0.0556. The SMILES string of the molecule is C=C(O)c1sc(C2=CCCCC2)cc1N(C(=C)C1CCC(C)CC1)C1CCC(OC(=O)N2CCOCC2)CC1. The average molecular weight is 555 g/mol. The summed E-state index contributed by atoms with van der Waals surface area (Å²) in [5.41, 5.74) is 3.64. The molecule has 0 atom stereocenters. The summed E-state index contributed by atoms with van der Waals surface area (Å²) >= 11 is 1.67. The molecular formula is C32H46N2O4S. The van der Waals surface area contributed by atoms with Crippen molar-refractivity contribution >= 4 is 34.4 Å². The van der Waals surface area contributed by atoms with E-state index in [1.807, 2.05) is 0 Å². The highest BCUT2D eigenvalue weighted by molar-refractivity contribution is 7.14. The Morgan fingerprint density at radius 1 is 1.08 bits per heavy atom. The topological polar surface area (TPSA) is 62.2 Å². The Labute approximate surface area is 238 Å². The summed E-state index contributed by atoms with van der Waals surface area (Å²) in [7, 11) is 0. The summed E-state index contributed by atoms with van der Waals surface area (Å²) in [5.74, 6) is 1.37. The van der Waals surface area contributed by atoms with Crippen LogP contribution in [0.15, 0.2) is 31.0 Å². The molecule has 39 heavy (non-hydrogen) atoms. The fourth-order valence-electron chi connectivity index (χ4n) is 6.75. The van der Waals surface area contributed by atoms with Crippen LogP contribution in [0.1, 0.15) is 93.7 Å². The number of aliphatic hydroxyl groups is 1. The molecule has 0 unspecified atom stereocenters. The minimum atomic E-state index is -0.207. The molecule has 1 aliphatic heterocycles. The Bertz CT molecular complexity index is 1060. The molecule has 5 rings (SSSR count). The van der Waals surface area contributed by atoms with Crippen molar-refractivity contribution in [3.63, 3.8) is 0 Å². The molecule has 214 valence electrons. The molecule has 6 nitrogen and oxygen atoms in total. The van der Waals surface area contributed by atoms with Crippen molar-refractivity contribution in [2.24, 2.45) is 11.8 Å². The van der Waals surface area contributed by atoms with Crippen molar-refractivity contribution in [3.05, 3.63) is 40.8 Å². The van der Waals surface area contributed by atoms with Gasteiger partial charge in [-0.3, -0.25) is 0 Å². The molecule has 0 bridgehead atoms. The van der Waals surface area contributed by atoms with Crippen LogP contribution in [0.3, 0.4) is 0 Å². The normalized spacial score (nSPS) is 27.9. The molecule has 1 N–H and O–H groups in total. The van der Waals surface area contributed by atoms with Gasteiger partial charge in [-0.1, -0.05) is 39.0 Å². The molecule has 0 radical (unpaired) electrons. The van der Waals surface area contributed by atoms with Crippen LogP contribution >= 0.6 is 11.3 Å². The van der Waals surface area contributed by atoms with Crippen LogP contribution in [0.5, 0.6) is 0 Å².